The minimum absolute atomic E-state index is 0.0470. The number of benzene rings is 2. The molecule has 0 spiro atoms. The molecule has 0 aliphatic rings. The van der Waals surface area contributed by atoms with Crippen LogP contribution < -0.4 is 4.74 Å². The largest absolute Gasteiger partial charge is 0.457 e. The summed E-state index contributed by atoms with van der Waals surface area (Å²) in [7, 11) is 0. The normalized spacial score (nSPS) is 11.3. The van der Waals surface area contributed by atoms with Crippen molar-refractivity contribution in [1.82, 2.24) is 0 Å². The molecular formula is C17H14ClF3O2. The lowest BCUT2D eigenvalue weighted by Gasteiger charge is -2.15. The van der Waals surface area contributed by atoms with E-state index in [-0.39, 0.29) is 29.9 Å². The number of ether oxygens (including phenoxy) is 1. The zero-order chi connectivity index (χ0) is 17.0. The molecule has 0 bridgehead atoms. The standard InChI is InChI=1S/C17H14ClF3O2/c1-11(22)2-3-12-4-7-15(10-16(12)17(19,20)21)23-14-8-5-13(18)6-9-14/h4-10H,2-3H2,1H3. The number of aryl methyl sites for hydroxylation is 1. The third kappa shape index (κ3) is 4.99. The Hall–Kier alpha value is -2.01. The number of ketones is 1. The number of carbonyl (C=O) groups excluding carboxylic acids is 1. The number of hydrogen-bond donors (Lipinski definition) is 0. The average Bonchev–Trinajstić information content (AvgIpc) is 2.47. The van der Waals surface area contributed by atoms with Gasteiger partial charge in [-0.25, -0.2) is 0 Å². The maximum Gasteiger partial charge on any atom is 0.416 e. The van der Waals surface area contributed by atoms with E-state index in [4.69, 9.17) is 16.3 Å². The van der Waals surface area contributed by atoms with Crippen molar-refractivity contribution < 1.29 is 22.7 Å². The van der Waals surface area contributed by atoms with Crippen LogP contribution in [0.4, 0.5) is 13.2 Å². The summed E-state index contributed by atoms with van der Waals surface area (Å²) in [6.45, 7) is 1.35. The van der Waals surface area contributed by atoms with Crippen LogP contribution in [0.3, 0.4) is 0 Å². The SMILES string of the molecule is CC(=O)CCc1ccc(Oc2ccc(Cl)cc2)cc1C(F)(F)F. The number of hydrogen-bond acceptors (Lipinski definition) is 2. The quantitative estimate of drug-likeness (QED) is 0.699. The predicted molar refractivity (Wildman–Crippen MR) is 82.0 cm³/mol. The summed E-state index contributed by atoms with van der Waals surface area (Å²) in [5, 5.41) is 0.507. The van der Waals surface area contributed by atoms with Crippen molar-refractivity contribution in [2.45, 2.75) is 25.9 Å². The summed E-state index contributed by atoms with van der Waals surface area (Å²) in [4.78, 5) is 11.0. The van der Waals surface area contributed by atoms with Crippen molar-refractivity contribution >= 4 is 17.4 Å². The van der Waals surface area contributed by atoms with Gasteiger partial charge in [0.25, 0.3) is 0 Å². The van der Waals surface area contributed by atoms with Crippen LogP contribution in [0, 0.1) is 0 Å². The molecule has 0 saturated carbocycles. The van der Waals surface area contributed by atoms with Crippen molar-refractivity contribution in [3.8, 4) is 11.5 Å². The van der Waals surface area contributed by atoms with Crippen LogP contribution >= 0.6 is 11.6 Å². The maximum atomic E-state index is 13.2. The van der Waals surface area contributed by atoms with Gasteiger partial charge in [0.05, 0.1) is 5.56 Å². The number of Topliss-reactive ketones (excluding diaryl/α,β-unsaturated/α-hetero) is 1. The van der Waals surface area contributed by atoms with E-state index in [1.807, 2.05) is 0 Å². The van der Waals surface area contributed by atoms with Gasteiger partial charge in [0, 0.05) is 11.4 Å². The number of rotatable bonds is 5. The fourth-order valence-electron chi connectivity index (χ4n) is 2.05. The smallest absolute Gasteiger partial charge is 0.416 e. The Bertz CT molecular complexity index is 694. The van der Waals surface area contributed by atoms with Crippen molar-refractivity contribution in [3.63, 3.8) is 0 Å². The lowest BCUT2D eigenvalue weighted by atomic mass is 10.0. The second-order valence-corrected chi connectivity index (χ2v) is 5.51. The van der Waals surface area contributed by atoms with Gasteiger partial charge in [-0.15, -0.1) is 0 Å². The van der Waals surface area contributed by atoms with E-state index >= 15 is 0 Å². The Morgan fingerprint density at radius 3 is 2.26 bits per heavy atom. The van der Waals surface area contributed by atoms with Gasteiger partial charge >= 0.3 is 6.18 Å². The highest BCUT2D eigenvalue weighted by molar-refractivity contribution is 6.30. The molecule has 2 aromatic carbocycles. The van der Waals surface area contributed by atoms with Gasteiger partial charge in [-0.1, -0.05) is 17.7 Å². The van der Waals surface area contributed by atoms with E-state index < -0.39 is 11.7 Å². The molecule has 0 fully saturated rings. The van der Waals surface area contributed by atoms with Gasteiger partial charge < -0.3 is 9.53 Å². The number of carbonyl (C=O) groups is 1. The fraction of sp³-hybridized carbons (Fsp3) is 0.235. The monoisotopic (exact) mass is 342 g/mol. The molecule has 0 radical (unpaired) electrons. The average molecular weight is 343 g/mol. The summed E-state index contributed by atoms with van der Waals surface area (Å²) >= 11 is 5.75. The van der Waals surface area contributed by atoms with E-state index in [2.05, 4.69) is 0 Å². The lowest BCUT2D eigenvalue weighted by Crippen LogP contribution is -2.10. The number of alkyl halides is 3. The molecule has 0 aliphatic carbocycles. The minimum Gasteiger partial charge on any atom is -0.457 e. The van der Waals surface area contributed by atoms with Crippen LogP contribution in [-0.2, 0) is 17.4 Å². The Morgan fingerprint density at radius 2 is 1.70 bits per heavy atom. The topological polar surface area (TPSA) is 26.3 Å². The van der Waals surface area contributed by atoms with Gasteiger partial charge in [-0.3, -0.25) is 0 Å². The molecule has 0 atom stereocenters. The van der Waals surface area contributed by atoms with Crippen LogP contribution in [0.25, 0.3) is 0 Å². The molecule has 0 aromatic heterocycles. The Kier molecular flexibility index (Phi) is 5.31. The Labute approximate surface area is 136 Å². The van der Waals surface area contributed by atoms with E-state index in [9.17, 15) is 18.0 Å². The summed E-state index contributed by atoms with van der Waals surface area (Å²) in [6.07, 6.45) is -4.39. The molecule has 0 unspecified atom stereocenters. The minimum atomic E-state index is -4.51. The molecule has 122 valence electrons. The van der Waals surface area contributed by atoms with Crippen molar-refractivity contribution in [2.75, 3.05) is 0 Å². The van der Waals surface area contributed by atoms with Crippen molar-refractivity contribution in [2.24, 2.45) is 0 Å². The summed E-state index contributed by atoms with van der Waals surface area (Å²) in [6, 6.07) is 10.1. The molecule has 0 aliphatic heterocycles. The molecular weight excluding hydrogens is 329 g/mol. The van der Waals surface area contributed by atoms with Crippen LogP contribution in [0.1, 0.15) is 24.5 Å². The molecule has 23 heavy (non-hydrogen) atoms. The second-order valence-electron chi connectivity index (χ2n) is 5.07. The third-order valence-electron chi connectivity index (χ3n) is 3.18. The van der Waals surface area contributed by atoms with Crippen molar-refractivity contribution in [1.29, 1.82) is 0 Å². The lowest BCUT2D eigenvalue weighted by molar-refractivity contribution is -0.138. The van der Waals surface area contributed by atoms with Crippen LogP contribution in [0.15, 0.2) is 42.5 Å². The molecule has 0 saturated heterocycles. The van der Waals surface area contributed by atoms with Gasteiger partial charge in [0.2, 0.25) is 0 Å². The van der Waals surface area contributed by atoms with Gasteiger partial charge in [-0.2, -0.15) is 13.2 Å². The highest BCUT2D eigenvalue weighted by Gasteiger charge is 2.33. The summed E-state index contributed by atoms with van der Waals surface area (Å²) < 4.78 is 45.0. The first-order valence-corrected chi connectivity index (χ1v) is 7.26. The van der Waals surface area contributed by atoms with E-state index in [0.29, 0.717) is 10.8 Å². The molecule has 6 heteroatoms. The molecule has 2 aromatic rings. The summed E-state index contributed by atoms with van der Waals surface area (Å²) in [5.74, 6) is 0.310. The van der Waals surface area contributed by atoms with Crippen LogP contribution in [0.2, 0.25) is 5.02 Å². The first-order valence-electron chi connectivity index (χ1n) is 6.88. The number of halogens is 4. The van der Waals surface area contributed by atoms with Crippen LogP contribution in [-0.4, -0.2) is 5.78 Å². The van der Waals surface area contributed by atoms with Gasteiger partial charge in [0.15, 0.2) is 0 Å². The summed E-state index contributed by atoms with van der Waals surface area (Å²) in [5.41, 5.74) is -0.707. The predicted octanol–water partition coefficient (Wildman–Crippen LogP) is 5.67. The molecule has 0 heterocycles. The maximum absolute atomic E-state index is 13.2. The second kappa shape index (κ2) is 7.04. The first-order chi connectivity index (χ1) is 10.8. The highest BCUT2D eigenvalue weighted by Crippen LogP contribution is 2.36. The zero-order valence-corrected chi connectivity index (χ0v) is 13.0. The van der Waals surface area contributed by atoms with E-state index in [1.165, 1.54) is 19.1 Å². The molecule has 2 nitrogen and oxygen atoms in total. The molecule has 0 N–H and O–H groups in total. The molecule has 0 amide bonds. The first kappa shape index (κ1) is 17.3. The third-order valence-corrected chi connectivity index (χ3v) is 3.43. The van der Waals surface area contributed by atoms with Crippen molar-refractivity contribution in [3.05, 3.63) is 58.6 Å². The fourth-order valence-corrected chi connectivity index (χ4v) is 2.18. The van der Waals surface area contributed by atoms with E-state index in [1.54, 1.807) is 24.3 Å². The molecule has 2 rings (SSSR count). The van der Waals surface area contributed by atoms with Gasteiger partial charge in [0.1, 0.15) is 17.3 Å². The highest BCUT2D eigenvalue weighted by atomic mass is 35.5. The Morgan fingerprint density at radius 1 is 1.09 bits per heavy atom. The zero-order valence-electron chi connectivity index (χ0n) is 12.3. The van der Waals surface area contributed by atoms with Gasteiger partial charge in [-0.05, 0) is 55.3 Å². The Balaban J connectivity index is 2.28. The van der Waals surface area contributed by atoms with Crippen LogP contribution in [0.5, 0.6) is 11.5 Å². The van der Waals surface area contributed by atoms with E-state index in [0.717, 1.165) is 6.07 Å².